The van der Waals surface area contributed by atoms with Gasteiger partial charge in [0.25, 0.3) is 0 Å². The third-order valence-electron chi connectivity index (χ3n) is 6.86. The van der Waals surface area contributed by atoms with Crippen LogP contribution in [0.5, 0.6) is 0 Å². The minimum atomic E-state index is -0.315. The van der Waals surface area contributed by atoms with Gasteiger partial charge in [-0.25, -0.2) is 4.98 Å². The molecule has 0 bridgehead atoms. The van der Waals surface area contributed by atoms with Crippen LogP contribution in [0.1, 0.15) is 50.0 Å². The number of piperidine rings is 1. The largest absolute Gasteiger partial charge is 0.348 e. The van der Waals surface area contributed by atoms with E-state index in [1.54, 1.807) is 6.33 Å². The van der Waals surface area contributed by atoms with E-state index in [4.69, 9.17) is 0 Å². The Hall–Kier alpha value is -1.35. The molecule has 1 aromatic rings. The molecule has 0 aliphatic carbocycles. The van der Waals surface area contributed by atoms with Crippen LogP contribution in [-0.4, -0.2) is 88.8 Å². The Balaban J connectivity index is 0.00000171. The third kappa shape index (κ3) is 6.12. The van der Waals surface area contributed by atoms with E-state index < -0.39 is 0 Å². The summed E-state index contributed by atoms with van der Waals surface area (Å²) >= 11 is 0. The van der Waals surface area contributed by atoms with E-state index in [9.17, 15) is 9.59 Å². The lowest BCUT2D eigenvalue weighted by molar-refractivity contribution is -0.136. The topological polar surface area (TPSA) is 84.6 Å². The fourth-order valence-corrected chi connectivity index (χ4v) is 4.85. The van der Waals surface area contributed by atoms with Crippen molar-refractivity contribution in [3.8, 4) is 0 Å². The first-order valence-electron chi connectivity index (χ1n) is 11.2. The number of aromatic nitrogens is 2. The number of piperazine rings is 1. The van der Waals surface area contributed by atoms with Gasteiger partial charge in [-0.1, -0.05) is 6.92 Å². The molecule has 0 radical (unpaired) electrons. The van der Waals surface area contributed by atoms with Crippen molar-refractivity contribution in [3.05, 3.63) is 17.7 Å². The van der Waals surface area contributed by atoms with Crippen LogP contribution in [0.3, 0.4) is 0 Å². The number of rotatable bonds is 5. The first kappa shape index (κ1) is 25.9. The molecule has 0 aromatic carbocycles. The normalized spacial score (nSPS) is 22.3. The third-order valence-corrected chi connectivity index (χ3v) is 6.86. The van der Waals surface area contributed by atoms with Gasteiger partial charge in [0, 0.05) is 64.3 Å². The van der Waals surface area contributed by atoms with Gasteiger partial charge in [-0.15, -0.1) is 24.8 Å². The molecule has 8 nitrogen and oxygen atoms in total. The molecule has 31 heavy (non-hydrogen) atoms. The van der Waals surface area contributed by atoms with Crippen LogP contribution < -0.4 is 5.32 Å². The van der Waals surface area contributed by atoms with Crippen molar-refractivity contribution < 1.29 is 9.59 Å². The molecular formula is C21H36Cl2N6O2. The van der Waals surface area contributed by atoms with Crippen molar-refractivity contribution >= 4 is 36.6 Å². The van der Waals surface area contributed by atoms with Gasteiger partial charge in [0.1, 0.15) is 6.04 Å². The highest BCUT2D eigenvalue weighted by molar-refractivity contribution is 5.85. The molecule has 1 aromatic heterocycles. The number of fused-ring (bicyclic) bond motifs is 1. The van der Waals surface area contributed by atoms with E-state index in [1.165, 1.54) is 0 Å². The van der Waals surface area contributed by atoms with Gasteiger partial charge in [0.05, 0.1) is 12.0 Å². The Morgan fingerprint density at radius 1 is 1.06 bits per heavy atom. The lowest BCUT2D eigenvalue weighted by atomic mass is 9.91. The summed E-state index contributed by atoms with van der Waals surface area (Å²) in [5.41, 5.74) is 1.94. The zero-order chi connectivity index (χ0) is 20.2. The molecule has 0 saturated carbocycles. The predicted octanol–water partition coefficient (Wildman–Crippen LogP) is 1.62. The van der Waals surface area contributed by atoms with Crippen LogP contribution in [0.2, 0.25) is 0 Å². The number of carbonyl (C=O) groups is 2. The van der Waals surface area contributed by atoms with Crippen molar-refractivity contribution in [1.82, 2.24) is 30.0 Å². The van der Waals surface area contributed by atoms with Crippen molar-refractivity contribution in [2.24, 2.45) is 5.92 Å². The maximum absolute atomic E-state index is 13.0. The monoisotopic (exact) mass is 474 g/mol. The van der Waals surface area contributed by atoms with E-state index in [0.29, 0.717) is 18.2 Å². The standard InChI is InChI=1S/C21H34N6O2.2ClH/c1-2-25-11-13-26(14-12-25)18(28)4-3-16-6-9-27(10-7-16)21(29)20-19-17(5-8-22-20)23-15-24-19;;/h15-16,20,22H,2-14H2,1H3,(H,23,24);2*1H. The summed E-state index contributed by atoms with van der Waals surface area (Å²) in [5, 5.41) is 3.33. The van der Waals surface area contributed by atoms with Gasteiger partial charge < -0.3 is 25.0 Å². The number of likely N-dealkylation sites (tertiary alicyclic amines) is 1. The van der Waals surface area contributed by atoms with E-state index in [0.717, 1.165) is 89.4 Å². The number of hydrogen-bond donors (Lipinski definition) is 2. The van der Waals surface area contributed by atoms with Crippen molar-refractivity contribution in [2.45, 2.75) is 45.1 Å². The number of carbonyl (C=O) groups excluding carboxylic acids is 2. The second-order valence-electron chi connectivity index (χ2n) is 8.53. The quantitative estimate of drug-likeness (QED) is 0.677. The SMILES string of the molecule is CCN1CCN(C(=O)CCC2CCN(C(=O)C3NCCc4[nH]cnc43)CC2)CC1.Cl.Cl. The molecule has 2 fully saturated rings. The van der Waals surface area contributed by atoms with Gasteiger partial charge in [-0.3, -0.25) is 9.59 Å². The number of aromatic amines is 1. The summed E-state index contributed by atoms with van der Waals surface area (Å²) in [6.45, 7) is 9.33. The van der Waals surface area contributed by atoms with E-state index in [1.807, 2.05) is 9.80 Å². The summed E-state index contributed by atoms with van der Waals surface area (Å²) in [4.78, 5) is 39.4. The predicted molar refractivity (Wildman–Crippen MR) is 125 cm³/mol. The maximum Gasteiger partial charge on any atom is 0.246 e. The van der Waals surface area contributed by atoms with Crippen LogP contribution >= 0.6 is 24.8 Å². The maximum atomic E-state index is 13.0. The molecule has 4 rings (SSSR count). The van der Waals surface area contributed by atoms with Crippen LogP contribution in [-0.2, 0) is 16.0 Å². The molecule has 2 N–H and O–H groups in total. The van der Waals surface area contributed by atoms with Gasteiger partial charge >= 0.3 is 0 Å². The Morgan fingerprint density at radius 2 is 1.77 bits per heavy atom. The number of amides is 2. The molecule has 176 valence electrons. The summed E-state index contributed by atoms with van der Waals surface area (Å²) in [6.07, 6.45) is 6.14. The minimum absolute atomic E-state index is 0. The fourth-order valence-electron chi connectivity index (χ4n) is 4.85. The number of halogens is 2. The number of H-pyrrole nitrogens is 1. The minimum Gasteiger partial charge on any atom is -0.348 e. The zero-order valence-corrected chi connectivity index (χ0v) is 20.0. The number of likely N-dealkylation sites (N-methyl/N-ethyl adjacent to an activating group) is 1. The van der Waals surface area contributed by atoms with Crippen LogP contribution in [0.4, 0.5) is 0 Å². The highest BCUT2D eigenvalue weighted by atomic mass is 35.5. The summed E-state index contributed by atoms with van der Waals surface area (Å²) in [6, 6.07) is -0.315. The lowest BCUT2D eigenvalue weighted by Crippen LogP contribution is -2.48. The van der Waals surface area contributed by atoms with Gasteiger partial charge in [0.15, 0.2) is 0 Å². The zero-order valence-electron chi connectivity index (χ0n) is 18.3. The number of nitrogens with zero attached hydrogens (tertiary/aromatic N) is 4. The molecule has 4 heterocycles. The number of nitrogens with one attached hydrogen (secondary N) is 2. The summed E-state index contributed by atoms with van der Waals surface area (Å²) < 4.78 is 0. The van der Waals surface area contributed by atoms with E-state index in [-0.39, 0.29) is 36.8 Å². The molecule has 0 spiro atoms. The first-order valence-corrected chi connectivity index (χ1v) is 11.2. The lowest BCUT2D eigenvalue weighted by Gasteiger charge is -2.36. The average molecular weight is 475 g/mol. The van der Waals surface area contributed by atoms with Gasteiger partial charge in [-0.2, -0.15) is 0 Å². The Kier molecular flexibility index (Phi) is 10.1. The average Bonchev–Trinajstić information content (AvgIpc) is 3.26. The molecule has 3 aliphatic rings. The molecule has 1 unspecified atom stereocenters. The molecule has 3 aliphatic heterocycles. The van der Waals surface area contributed by atoms with E-state index in [2.05, 4.69) is 27.1 Å². The molecular weight excluding hydrogens is 439 g/mol. The van der Waals surface area contributed by atoms with Crippen LogP contribution in [0, 0.1) is 5.92 Å². The number of imidazole rings is 1. The highest BCUT2D eigenvalue weighted by Crippen LogP contribution is 2.26. The smallest absolute Gasteiger partial charge is 0.246 e. The molecule has 2 saturated heterocycles. The highest BCUT2D eigenvalue weighted by Gasteiger charge is 2.33. The van der Waals surface area contributed by atoms with E-state index >= 15 is 0 Å². The second-order valence-corrected chi connectivity index (χ2v) is 8.53. The Labute approximate surface area is 197 Å². The molecule has 2 amide bonds. The molecule has 1 atom stereocenters. The summed E-state index contributed by atoms with van der Waals surface area (Å²) in [7, 11) is 0. The number of hydrogen-bond acceptors (Lipinski definition) is 5. The second kappa shape index (κ2) is 12.0. The Bertz CT molecular complexity index is 714. The van der Waals surface area contributed by atoms with Crippen molar-refractivity contribution in [2.75, 3.05) is 52.4 Å². The van der Waals surface area contributed by atoms with Gasteiger partial charge in [0.2, 0.25) is 11.8 Å². The van der Waals surface area contributed by atoms with Crippen molar-refractivity contribution in [3.63, 3.8) is 0 Å². The van der Waals surface area contributed by atoms with Crippen LogP contribution in [0.25, 0.3) is 0 Å². The van der Waals surface area contributed by atoms with Crippen LogP contribution in [0.15, 0.2) is 6.33 Å². The Morgan fingerprint density at radius 3 is 2.45 bits per heavy atom. The summed E-state index contributed by atoms with van der Waals surface area (Å²) in [5.74, 6) is 0.985. The van der Waals surface area contributed by atoms with Gasteiger partial charge in [-0.05, 0) is 31.7 Å². The first-order chi connectivity index (χ1) is 14.2. The fraction of sp³-hybridized carbons (Fsp3) is 0.762. The van der Waals surface area contributed by atoms with Crippen molar-refractivity contribution in [1.29, 1.82) is 0 Å². The molecule has 10 heteroatoms.